The van der Waals surface area contributed by atoms with Crippen molar-refractivity contribution in [2.24, 2.45) is 0 Å². The molecule has 3 aromatic carbocycles. The van der Waals surface area contributed by atoms with E-state index in [4.69, 9.17) is 28.4 Å². The summed E-state index contributed by atoms with van der Waals surface area (Å²) in [6.07, 6.45) is -14.0. The van der Waals surface area contributed by atoms with Crippen LogP contribution < -0.4 is 20.1 Å². The van der Waals surface area contributed by atoms with E-state index in [0.29, 0.717) is 16.9 Å². The molecule has 0 unspecified atom stereocenters. The first-order valence-electron chi connectivity index (χ1n) is 18.0. The molecule has 0 saturated carbocycles. The predicted octanol–water partition coefficient (Wildman–Crippen LogP) is -2.10. The minimum atomic E-state index is -1.57. The molecule has 56 heavy (non-hydrogen) atoms. The van der Waals surface area contributed by atoms with Gasteiger partial charge in [-0.1, -0.05) is 24.3 Å². The topological polar surface area (TPSA) is 275 Å². The first-order chi connectivity index (χ1) is 27.0. The molecule has 3 aromatic rings. The lowest BCUT2D eigenvalue weighted by atomic mass is 9.99. The van der Waals surface area contributed by atoms with E-state index in [1.54, 1.807) is 48.5 Å². The van der Waals surface area contributed by atoms with E-state index in [0.717, 1.165) is 11.1 Å². The Bertz CT molecular complexity index is 1660. The van der Waals surface area contributed by atoms with Crippen LogP contribution in [0.25, 0.3) is 11.1 Å². The largest absolute Gasteiger partial charge is 0.462 e. The van der Waals surface area contributed by atoms with E-state index in [2.05, 4.69) is 10.6 Å². The zero-order valence-electron chi connectivity index (χ0n) is 30.2. The Balaban J connectivity index is 0.916. The van der Waals surface area contributed by atoms with Crippen LogP contribution in [0.2, 0.25) is 0 Å². The summed E-state index contributed by atoms with van der Waals surface area (Å²) in [7, 11) is 0. The van der Waals surface area contributed by atoms with Gasteiger partial charge in [-0.05, 0) is 59.7 Å². The lowest BCUT2D eigenvalue weighted by molar-refractivity contribution is -0.277. The molecule has 18 nitrogen and oxygen atoms in total. The van der Waals surface area contributed by atoms with Gasteiger partial charge in [-0.2, -0.15) is 0 Å². The molecule has 0 bridgehead atoms. The lowest BCUT2D eigenvalue weighted by Crippen LogP contribution is -2.60. The summed E-state index contributed by atoms with van der Waals surface area (Å²) in [5, 5.41) is 84.2. The van der Waals surface area contributed by atoms with Crippen LogP contribution in [-0.4, -0.2) is 167 Å². The van der Waals surface area contributed by atoms with Gasteiger partial charge >= 0.3 is 0 Å². The van der Waals surface area contributed by atoms with Crippen molar-refractivity contribution in [2.75, 3.05) is 52.7 Å². The van der Waals surface area contributed by atoms with Gasteiger partial charge in [0.2, 0.25) is 12.6 Å². The summed E-state index contributed by atoms with van der Waals surface area (Å²) in [6.45, 7) is 0.425. The van der Waals surface area contributed by atoms with Crippen LogP contribution in [0, 0.1) is 0 Å². The normalized spacial score (nSPS) is 27.6. The van der Waals surface area contributed by atoms with E-state index in [9.17, 15) is 50.4 Å². The molecular weight excluding hydrogens is 740 g/mol. The third-order valence-electron chi connectivity index (χ3n) is 9.09. The summed E-state index contributed by atoms with van der Waals surface area (Å²) in [5.74, 6) is -0.0601. The molecule has 5 rings (SSSR count). The second kappa shape index (κ2) is 20.8. The third-order valence-corrected chi connectivity index (χ3v) is 9.09. The fraction of sp³-hybridized carbons (Fsp3) is 0.474. The fourth-order valence-corrected chi connectivity index (χ4v) is 5.82. The average Bonchev–Trinajstić information content (AvgIpc) is 3.22. The van der Waals surface area contributed by atoms with Crippen molar-refractivity contribution in [3.05, 3.63) is 83.9 Å². The Morgan fingerprint density at radius 1 is 0.500 bits per heavy atom. The highest BCUT2D eigenvalue weighted by molar-refractivity contribution is 5.95. The van der Waals surface area contributed by atoms with Crippen molar-refractivity contribution in [3.8, 4) is 22.6 Å². The van der Waals surface area contributed by atoms with Gasteiger partial charge in [0, 0.05) is 24.2 Å². The van der Waals surface area contributed by atoms with E-state index >= 15 is 0 Å². The maximum Gasteiger partial charge on any atom is 0.251 e. The van der Waals surface area contributed by atoms with Crippen molar-refractivity contribution in [1.82, 2.24) is 10.6 Å². The van der Waals surface area contributed by atoms with Gasteiger partial charge in [0.05, 0.1) is 39.6 Å². The zero-order valence-corrected chi connectivity index (χ0v) is 30.2. The number of nitrogens with one attached hydrogen (secondary N) is 2. The molecule has 10 N–H and O–H groups in total. The van der Waals surface area contributed by atoms with Crippen LogP contribution in [0.5, 0.6) is 11.5 Å². The highest BCUT2D eigenvalue weighted by atomic mass is 16.7. The number of aliphatic hydroxyl groups is 8. The molecule has 0 aliphatic carbocycles. The summed E-state index contributed by atoms with van der Waals surface area (Å²) in [6, 6.07) is 19.7. The average molecular weight is 789 g/mol. The minimum absolute atomic E-state index is 0.233. The summed E-state index contributed by atoms with van der Waals surface area (Å²) >= 11 is 0. The first kappa shape index (κ1) is 42.9. The van der Waals surface area contributed by atoms with Crippen LogP contribution in [0.4, 0.5) is 0 Å². The smallest absolute Gasteiger partial charge is 0.251 e. The summed E-state index contributed by atoms with van der Waals surface area (Å²) in [5.41, 5.74) is 2.45. The van der Waals surface area contributed by atoms with Crippen molar-refractivity contribution in [2.45, 2.75) is 61.4 Å². The van der Waals surface area contributed by atoms with Gasteiger partial charge < -0.3 is 79.9 Å². The highest BCUT2D eigenvalue weighted by Crippen LogP contribution is 2.28. The standard InChI is InChI=1S/C38H48N2O16/c41-19-27-29(43)31(45)33(47)37(55-27)53-25-9-5-22(6-10-25)21-1-3-23(4-2-21)35(49)39-13-15-51-17-18-52-16-14-40-36(50)24-7-11-26(12-8-24)54-38-34(48)32(46)30(44)28(20-42)56-38/h1-12,27-34,37-38,41-48H,13-20H2,(H,39,49)(H,40,50)/t27-,28-,29-,30-,31+,32+,33+,34+,37+,38+/m1/s1. The number of carbonyl (C=O) groups is 2. The number of hydrogen-bond donors (Lipinski definition) is 10. The fourth-order valence-electron chi connectivity index (χ4n) is 5.82. The second-order valence-electron chi connectivity index (χ2n) is 13.0. The number of hydrogen-bond acceptors (Lipinski definition) is 16. The van der Waals surface area contributed by atoms with Crippen LogP contribution >= 0.6 is 0 Å². The number of rotatable bonds is 18. The predicted molar refractivity (Wildman–Crippen MR) is 193 cm³/mol. The number of amides is 2. The monoisotopic (exact) mass is 788 g/mol. The SMILES string of the molecule is O=C(NCCOCCOCCNC(=O)c1ccc(-c2ccc(O[C@H]3O[C@H](CO)[C@@H](O)[C@H](O)[C@@H]3O)cc2)cc1)c1ccc(O[C@H]2O[C@H](CO)[C@@H](O)[C@H](O)[C@@H]2O)cc1. The Morgan fingerprint density at radius 2 is 0.857 bits per heavy atom. The number of carbonyl (C=O) groups excluding carboxylic acids is 2. The van der Waals surface area contributed by atoms with Crippen LogP contribution in [0.15, 0.2) is 72.8 Å². The quantitative estimate of drug-likeness (QED) is 0.0619. The Morgan fingerprint density at radius 3 is 1.25 bits per heavy atom. The molecule has 306 valence electrons. The van der Waals surface area contributed by atoms with Gasteiger partial charge in [-0.25, -0.2) is 0 Å². The van der Waals surface area contributed by atoms with E-state index in [-0.39, 0.29) is 57.1 Å². The first-order valence-corrected chi connectivity index (χ1v) is 18.0. The Labute approximate surface area is 321 Å². The van der Waals surface area contributed by atoms with E-state index < -0.39 is 74.6 Å². The maximum atomic E-state index is 12.6. The number of ether oxygens (including phenoxy) is 6. The Hall–Kier alpha value is -4.28. The van der Waals surface area contributed by atoms with Gasteiger partial charge in [-0.3, -0.25) is 9.59 Å². The molecule has 0 spiro atoms. The minimum Gasteiger partial charge on any atom is -0.462 e. The molecule has 2 amide bonds. The molecule has 2 aliphatic heterocycles. The van der Waals surface area contributed by atoms with Gasteiger partial charge in [0.25, 0.3) is 11.8 Å². The van der Waals surface area contributed by atoms with Crippen LogP contribution in [-0.2, 0) is 18.9 Å². The zero-order chi connectivity index (χ0) is 40.2. The molecule has 10 atom stereocenters. The summed E-state index contributed by atoms with van der Waals surface area (Å²) in [4.78, 5) is 25.0. The third kappa shape index (κ3) is 11.2. The molecule has 2 saturated heterocycles. The van der Waals surface area contributed by atoms with Crippen molar-refractivity contribution < 1.29 is 78.9 Å². The molecule has 2 fully saturated rings. The summed E-state index contributed by atoms with van der Waals surface area (Å²) < 4.78 is 32.8. The molecule has 0 aromatic heterocycles. The molecule has 18 heteroatoms. The molecule has 2 aliphatic rings. The molecule has 0 radical (unpaired) electrons. The van der Waals surface area contributed by atoms with Gasteiger partial charge in [-0.15, -0.1) is 0 Å². The molecular formula is C38H48N2O16. The van der Waals surface area contributed by atoms with Crippen molar-refractivity contribution in [3.63, 3.8) is 0 Å². The Kier molecular flexibility index (Phi) is 15.9. The van der Waals surface area contributed by atoms with Crippen molar-refractivity contribution >= 4 is 11.8 Å². The van der Waals surface area contributed by atoms with Crippen LogP contribution in [0.1, 0.15) is 20.7 Å². The van der Waals surface area contributed by atoms with Gasteiger partial charge in [0.15, 0.2) is 0 Å². The molecule has 2 heterocycles. The van der Waals surface area contributed by atoms with Gasteiger partial charge in [0.1, 0.15) is 60.3 Å². The number of aliphatic hydroxyl groups excluding tert-OH is 8. The number of benzene rings is 3. The van der Waals surface area contributed by atoms with Crippen LogP contribution in [0.3, 0.4) is 0 Å². The van der Waals surface area contributed by atoms with E-state index in [1.807, 2.05) is 0 Å². The second-order valence-corrected chi connectivity index (χ2v) is 13.0. The maximum absolute atomic E-state index is 12.6. The van der Waals surface area contributed by atoms with Crippen molar-refractivity contribution in [1.29, 1.82) is 0 Å². The highest BCUT2D eigenvalue weighted by Gasteiger charge is 2.45. The van der Waals surface area contributed by atoms with E-state index in [1.165, 1.54) is 24.3 Å². The lowest BCUT2D eigenvalue weighted by Gasteiger charge is -2.39.